The number of benzene rings is 2. The molecule has 0 fully saturated rings. The van der Waals surface area contributed by atoms with Crippen LogP contribution in [0.5, 0.6) is 5.75 Å². The molecule has 136 valence electrons. The lowest BCUT2D eigenvalue weighted by Crippen LogP contribution is -2.13. The average Bonchev–Trinajstić information content (AvgIpc) is 2.59. The van der Waals surface area contributed by atoms with Crippen molar-refractivity contribution in [3.63, 3.8) is 0 Å². The number of ether oxygens (including phenoxy) is 1. The van der Waals surface area contributed by atoms with Crippen LogP contribution in [-0.4, -0.2) is 12.5 Å². The molecular formula is C21H23BrN2O2. The van der Waals surface area contributed by atoms with Crippen LogP contribution in [0.25, 0.3) is 0 Å². The standard InChI is InChI=1S/C21H23BrN2O2/c1-21(2,3)16-8-11-19(18(22)13-16)26-12-4-5-20(25)24-17-9-6-15(14-23)7-10-17/h6-11,13H,4-5,12H2,1-3H3,(H,24,25). The van der Waals surface area contributed by atoms with E-state index in [1.54, 1.807) is 24.3 Å². The van der Waals surface area contributed by atoms with E-state index in [1.165, 1.54) is 5.56 Å². The van der Waals surface area contributed by atoms with E-state index in [4.69, 9.17) is 10.00 Å². The first-order valence-electron chi connectivity index (χ1n) is 8.52. The summed E-state index contributed by atoms with van der Waals surface area (Å²) in [5, 5.41) is 11.6. The predicted octanol–water partition coefficient (Wildman–Crippen LogP) is 5.42. The molecule has 0 radical (unpaired) electrons. The molecule has 0 aliphatic heterocycles. The molecule has 0 spiro atoms. The maximum absolute atomic E-state index is 12.0. The molecule has 0 aliphatic carbocycles. The fourth-order valence-corrected chi connectivity index (χ4v) is 2.84. The summed E-state index contributed by atoms with van der Waals surface area (Å²) in [6.07, 6.45) is 0.993. The van der Waals surface area contributed by atoms with Crippen LogP contribution < -0.4 is 10.1 Å². The molecule has 2 aromatic rings. The Hall–Kier alpha value is -2.32. The topological polar surface area (TPSA) is 62.1 Å². The van der Waals surface area contributed by atoms with E-state index in [0.29, 0.717) is 30.7 Å². The molecule has 1 N–H and O–H groups in total. The summed E-state index contributed by atoms with van der Waals surface area (Å²) in [4.78, 5) is 12.0. The Kier molecular flexibility index (Phi) is 6.82. The maximum atomic E-state index is 12.0. The lowest BCUT2D eigenvalue weighted by atomic mass is 9.87. The Bertz CT molecular complexity index is 802. The number of carbonyl (C=O) groups excluding carboxylic acids is 1. The van der Waals surface area contributed by atoms with Crippen molar-refractivity contribution in [1.29, 1.82) is 5.26 Å². The molecule has 0 heterocycles. The number of hydrogen-bond donors (Lipinski definition) is 1. The molecule has 2 rings (SSSR count). The zero-order valence-electron chi connectivity index (χ0n) is 15.3. The Morgan fingerprint density at radius 1 is 1.19 bits per heavy atom. The second-order valence-electron chi connectivity index (χ2n) is 7.08. The summed E-state index contributed by atoms with van der Waals surface area (Å²) < 4.78 is 6.70. The quantitative estimate of drug-likeness (QED) is 0.642. The lowest BCUT2D eigenvalue weighted by molar-refractivity contribution is -0.116. The van der Waals surface area contributed by atoms with E-state index in [0.717, 1.165) is 10.2 Å². The van der Waals surface area contributed by atoms with Gasteiger partial charge in [0.1, 0.15) is 5.75 Å². The van der Waals surface area contributed by atoms with Crippen LogP contribution in [0.4, 0.5) is 5.69 Å². The predicted molar refractivity (Wildman–Crippen MR) is 107 cm³/mol. The average molecular weight is 415 g/mol. The van der Waals surface area contributed by atoms with Crippen molar-refractivity contribution in [2.75, 3.05) is 11.9 Å². The van der Waals surface area contributed by atoms with E-state index in [-0.39, 0.29) is 11.3 Å². The highest BCUT2D eigenvalue weighted by Crippen LogP contribution is 2.31. The monoisotopic (exact) mass is 414 g/mol. The normalized spacial score (nSPS) is 10.9. The summed E-state index contributed by atoms with van der Waals surface area (Å²) in [5.41, 5.74) is 2.58. The van der Waals surface area contributed by atoms with Gasteiger partial charge in [-0.3, -0.25) is 4.79 Å². The molecule has 0 saturated carbocycles. The second-order valence-corrected chi connectivity index (χ2v) is 7.94. The zero-order valence-corrected chi connectivity index (χ0v) is 16.9. The van der Waals surface area contributed by atoms with Crippen molar-refractivity contribution in [3.8, 4) is 11.8 Å². The number of rotatable bonds is 6. The van der Waals surface area contributed by atoms with Gasteiger partial charge in [0.05, 0.1) is 22.7 Å². The van der Waals surface area contributed by atoms with E-state index in [2.05, 4.69) is 54.2 Å². The van der Waals surface area contributed by atoms with E-state index in [1.807, 2.05) is 12.1 Å². The minimum Gasteiger partial charge on any atom is -0.492 e. The summed E-state index contributed by atoms with van der Waals surface area (Å²) in [6, 6.07) is 15.0. The number of hydrogen-bond acceptors (Lipinski definition) is 3. The first-order chi connectivity index (χ1) is 12.3. The molecule has 2 aromatic carbocycles. The van der Waals surface area contributed by atoms with Crippen molar-refractivity contribution in [2.24, 2.45) is 0 Å². The number of amides is 1. The van der Waals surface area contributed by atoms with Gasteiger partial charge in [0, 0.05) is 12.1 Å². The number of nitrogens with one attached hydrogen (secondary N) is 1. The minimum atomic E-state index is -0.0690. The van der Waals surface area contributed by atoms with Gasteiger partial charge in [-0.1, -0.05) is 26.8 Å². The third kappa shape index (κ3) is 5.89. The molecule has 0 aliphatic rings. The molecule has 1 amide bonds. The van der Waals surface area contributed by atoms with Gasteiger partial charge in [-0.25, -0.2) is 0 Å². The van der Waals surface area contributed by atoms with Crippen molar-refractivity contribution >= 4 is 27.5 Å². The van der Waals surface area contributed by atoms with Gasteiger partial charge in [-0.15, -0.1) is 0 Å². The van der Waals surface area contributed by atoms with Gasteiger partial charge in [0.25, 0.3) is 0 Å². The van der Waals surface area contributed by atoms with Crippen LogP contribution in [-0.2, 0) is 10.2 Å². The van der Waals surface area contributed by atoms with Crippen LogP contribution in [0, 0.1) is 11.3 Å². The van der Waals surface area contributed by atoms with Crippen LogP contribution in [0.15, 0.2) is 46.9 Å². The fraction of sp³-hybridized carbons (Fsp3) is 0.333. The van der Waals surface area contributed by atoms with Crippen LogP contribution in [0.1, 0.15) is 44.7 Å². The van der Waals surface area contributed by atoms with Crippen LogP contribution >= 0.6 is 15.9 Å². The van der Waals surface area contributed by atoms with Crippen molar-refractivity contribution in [1.82, 2.24) is 0 Å². The Morgan fingerprint density at radius 3 is 2.46 bits per heavy atom. The Labute approximate surface area is 163 Å². The third-order valence-corrected chi connectivity index (χ3v) is 4.52. The largest absolute Gasteiger partial charge is 0.492 e. The fourth-order valence-electron chi connectivity index (χ4n) is 2.35. The number of halogens is 1. The van der Waals surface area contributed by atoms with Gasteiger partial charge >= 0.3 is 0 Å². The minimum absolute atomic E-state index is 0.0690. The van der Waals surface area contributed by atoms with Gasteiger partial charge < -0.3 is 10.1 Å². The number of nitriles is 1. The molecular weight excluding hydrogens is 392 g/mol. The van der Waals surface area contributed by atoms with Gasteiger partial charge in [0.2, 0.25) is 5.91 Å². The van der Waals surface area contributed by atoms with Gasteiger partial charge in [-0.05, 0) is 69.7 Å². The highest BCUT2D eigenvalue weighted by Gasteiger charge is 2.15. The molecule has 0 saturated heterocycles. The summed E-state index contributed by atoms with van der Waals surface area (Å²) in [7, 11) is 0. The van der Waals surface area contributed by atoms with Crippen molar-refractivity contribution in [3.05, 3.63) is 58.1 Å². The number of carbonyl (C=O) groups is 1. The molecule has 4 nitrogen and oxygen atoms in total. The molecule has 26 heavy (non-hydrogen) atoms. The SMILES string of the molecule is CC(C)(C)c1ccc(OCCCC(=O)Nc2ccc(C#N)cc2)c(Br)c1. The van der Waals surface area contributed by atoms with Gasteiger partial charge in [-0.2, -0.15) is 5.26 Å². The summed E-state index contributed by atoms with van der Waals surface area (Å²) >= 11 is 3.55. The summed E-state index contributed by atoms with van der Waals surface area (Å²) in [5.74, 6) is 0.714. The molecule has 0 atom stereocenters. The van der Waals surface area contributed by atoms with E-state index >= 15 is 0 Å². The Morgan fingerprint density at radius 2 is 1.88 bits per heavy atom. The highest BCUT2D eigenvalue weighted by atomic mass is 79.9. The van der Waals surface area contributed by atoms with Crippen LogP contribution in [0.2, 0.25) is 0 Å². The van der Waals surface area contributed by atoms with Gasteiger partial charge in [0.15, 0.2) is 0 Å². The Balaban J connectivity index is 1.77. The first kappa shape index (κ1) is 20.0. The van der Waals surface area contributed by atoms with E-state index < -0.39 is 0 Å². The maximum Gasteiger partial charge on any atom is 0.224 e. The molecule has 0 bridgehead atoms. The molecule has 5 heteroatoms. The number of anilines is 1. The second kappa shape index (κ2) is 8.86. The van der Waals surface area contributed by atoms with Crippen molar-refractivity contribution in [2.45, 2.75) is 39.0 Å². The van der Waals surface area contributed by atoms with Crippen LogP contribution in [0.3, 0.4) is 0 Å². The third-order valence-electron chi connectivity index (χ3n) is 3.90. The smallest absolute Gasteiger partial charge is 0.224 e. The lowest BCUT2D eigenvalue weighted by Gasteiger charge is -2.20. The highest BCUT2D eigenvalue weighted by molar-refractivity contribution is 9.10. The zero-order chi connectivity index (χ0) is 19.2. The summed E-state index contributed by atoms with van der Waals surface area (Å²) in [6.45, 7) is 6.97. The molecule has 0 aromatic heterocycles. The first-order valence-corrected chi connectivity index (χ1v) is 9.32. The van der Waals surface area contributed by atoms with Crippen molar-refractivity contribution < 1.29 is 9.53 Å². The number of nitrogens with zero attached hydrogens (tertiary/aromatic N) is 1. The van der Waals surface area contributed by atoms with E-state index in [9.17, 15) is 4.79 Å². The molecule has 0 unspecified atom stereocenters.